The minimum Gasteiger partial charge on any atom is -0.486 e. The maximum absolute atomic E-state index is 12.0. The van der Waals surface area contributed by atoms with Gasteiger partial charge in [-0.25, -0.2) is 0 Å². The van der Waals surface area contributed by atoms with Gasteiger partial charge in [-0.15, -0.1) is 0 Å². The number of piperidine rings is 1. The summed E-state index contributed by atoms with van der Waals surface area (Å²) in [4.78, 5) is 14.0. The number of amides is 1. The van der Waals surface area contributed by atoms with Gasteiger partial charge >= 0.3 is 0 Å². The smallest absolute Gasteiger partial charge is 0.246 e. The zero-order chi connectivity index (χ0) is 13.8. The molecule has 0 N–H and O–H groups in total. The maximum atomic E-state index is 12.0. The van der Waals surface area contributed by atoms with E-state index >= 15 is 0 Å². The van der Waals surface area contributed by atoms with E-state index in [4.69, 9.17) is 9.47 Å². The third-order valence-corrected chi connectivity index (χ3v) is 3.65. The summed E-state index contributed by atoms with van der Waals surface area (Å²) in [6, 6.07) is 5.74. The Hall–Kier alpha value is -1.97. The van der Waals surface area contributed by atoms with Crippen LogP contribution in [-0.4, -0.2) is 37.1 Å². The van der Waals surface area contributed by atoms with E-state index in [1.807, 2.05) is 29.2 Å². The van der Waals surface area contributed by atoms with Gasteiger partial charge in [0.15, 0.2) is 11.5 Å². The fourth-order valence-electron chi connectivity index (χ4n) is 2.55. The molecule has 2 aliphatic rings. The lowest BCUT2D eigenvalue weighted by Crippen LogP contribution is -2.34. The SMILES string of the molecule is O=C(/C=C/c1ccc2c(c1)OCCO2)N1CCCCC1. The molecular formula is C16H19NO3. The molecule has 2 aliphatic heterocycles. The molecule has 3 rings (SSSR count). The van der Waals surface area contributed by atoms with Crippen molar-refractivity contribution >= 4 is 12.0 Å². The van der Waals surface area contributed by atoms with Crippen LogP contribution in [0.25, 0.3) is 6.08 Å². The fraction of sp³-hybridized carbons (Fsp3) is 0.438. The van der Waals surface area contributed by atoms with Gasteiger partial charge in [0.1, 0.15) is 13.2 Å². The second-order valence-electron chi connectivity index (χ2n) is 5.12. The van der Waals surface area contributed by atoms with Gasteiger partial charge in [0.25, 0.3) is 0 Å². The Labute approximate surface area is 119 Å². The second-order valence-corrected chi connectivity index (χ2v) is 5.12. The standard InChI is InChI=1S/C16H19NO3/c18-16(17-8-2-1-3-9-17)7-5-13-4-6-14-15(12-13)20-11-10-19-14/h4-7,12H,1-3,8-11H2/b7-5+. The Morgan fingerprint density at radius 3 is 2.60 bits per heavy atom. The molecule has 0 radical (unpaired) electrons. The summed E-state index contributed by atoms with van der Waals surface area (Å²) in [5.74, 6) is 1.62. The fourth-order valence-corrected chi connectivity index (χ4v) is 2.55. The van der Waals surface area contributed by atoms with Crippen molar-refractivity contribution in [2.75, 3.05) is 26.3 Å². The van der Waals surface area contributed by atoms with E-state index in [1.54, 1.807) is 6.08 Å². The molecule has 1 aromatic rings. The summed E-state index contributed by atoms with van der Waals surface area (Å²) in [6.45, 7) is 2.93. The highest BCUT2D eigenvalue weighted by atomic mass is 16.6. The van der Waals surface area contributed by atoms with Crippen molar-refractivity contribution < 1.29 is 14.3 Å². The summed E-state index contributed by atoms with van der Waals surface area (Å²) in [5, 5.41) is 0. The van der Waals surface area contributed by atoms with E-state index in [0.717, 1.165) is 43.0 Å². The van der Waals surface area contributed by atoms with Crippen LogP contribution in [0.2, 0.25) is 0 Å². The van der Waals surface area contributed by atoms with Crippen LogP contribution in [0.4, 0.5) is 0 Å². The van der Waals surface area contributed by atoms with Crippen LogP contribution in [0.5, 0.6) is 11.5 Å². The van der Waals surface area contributed by atoms with Crippen LogP contribution in [0.3, 0.4) is 0 Å². The van der Waals surface area contributed by atoms with Gasteiger partial charge in [-0.05, 0) is 43.0 Å². The van der Waals surface area contributed by atoms with E-state index in [0.29, 0.717) is 13.2 Å². The largest absolute Gasteiger partial charge is 0.486 e. The first kappa shape index (κ1) is 13.0. The molecule has 0 unspecified atom stereocenters. The molecule has 4 nitrogen and oxygen atoms in total. The summed E-state index contributed by atoms with van der Waals surface area (Å²) in [5.41, 5.74) is 0.958. The number of nitrogens with zero attached hydrogens (tertiary/aromatic N) is 1. The quantitative estimate of drug-likeness (QED) is 0.777. The topological polar surface area (TPSA) is 38.8 Å². The van der Waals surface area contributed by atoms with Crippen molar-refractivity contribution in [2.24, 2.45) is 0 Å². The van der Waals surface area contributed by atoms with Crippen molar-refractivity contribution in [2.45, 2.75) is 19.3 Å². The van der Waals surface area contributed by atoms with Gasteiger partial charge in [-0.1, -0.05) is 6.07 Å². The maximum Gasteiger partial charge on any atom is 0.246 e. The molecule has 1 saturated heterocycles. The predicted molar refractivity (Wildman–Crippen MR) is 76.9 cm³/mol. The minimum atomic E-state index is 0.0968. The number of ether oxygens (including phenoxy) is 2. The van der Waals surface area contributed by atoms with Gasteiger partial charge in [-0.2, -0.15) is 0 Å². The predicted octanol–water partition coefficient (Wildman–Crippen LogP) is 2.48. The van der Waals surface area contributed by atoms with Crippen LogP contribution in [0.1, 0.15) is 24.8 Å². The lowest BCUT2D eigenvalue weighted by atomic mass is 10.1. The van der Waals surface area contributed by atoms with Crippen LogP contribution in [-0.2, 0) is 4.79 Å². The summed E-state index contributed by atoms with van der Waals surface area (Å²) >= 11 is 0. The molecule has 0 spiro atoms. The molecule has 4 heteroatoms. The number of carbonyl (C=O) groups is 1. The van der Waals surface area contributed by atoms with Crippen LogP contribution in [0.15, 0.2) is 24.3 Å². The van der Waals surface area contributed by atoms with Gasteiger partial charge in [0.05, 0.1) is 0 Å². The molecule has 0 aliphatic carbocycles. The number of hydrogen-bond donors (Lipinski definition) is 0. The minimum absolute atomic E-state index is 0.0968. The molecule has 0 atom stereocenters. The first-order valence-corrected chi connectivity index (χ1v) is 7.19. The second kappa shape index (κ2) is 5.99. The molecule has 20 heavy (non-hydrogen) atoms. The van der Waals surface area contributed by atoms with Crippen molar-refractivity contribution in [3.8, 4) is 11.5 Å². The van der Waals surface area contributed by atoms with Crippen molar-refractivity contribution in [1.29, 1.82) is 0 Å². The highest BCUT2D eigenvalue weighted by Gasteiger charge is 2.14. The number of rotatable bonds is 2. The number of carbonyl (C=O) groups excluding carboxylic acids is 1. The number of likely N-dealkylation sites (tertiary alicyclic amines) is 1. The monoisotopic (exact) mass is 273 g/mol. The lowest BCUT2D eigenvalue weighted by molar-refractivity contribution is -0.126. The molecule has 1 fully saturated rings. The van der Waals surface area contributed by atoms with E-state index in [1.165, 1.54) is 6.42 Å². The van der Waals surface area contributed by atoms with Crippen LogP contribution in [0, 0.1) is 0 Å². The van der Waals surface area contributed by atoms with Crippen molar-refractivity contribution in [3.63, 3.8) is 0 Å². The average molecular weight is 273 g/mol. The van der Waals surface area contributed by atoms with Gasteiger partial charge in [0.2, 0.25) is 5.91 Å². The normalized spacial score (nSPS) is 18.3. The number of fused-ring (bicyclic) bond motifs is 1. The third kappa shape index (κ3) is 2.95. The Morgan fingerprint density at radius 2 is 1.80 bits per heavy atom. The molecule has 0 aromatic heterocycles. The van der Waals surface area contributed by atoms with E-state index in [9.17, 15) is 4.79 Å². The zero-order valence-electron chi connectivity index (χ0n) is 11.5. The molecule has 2 heterocycles. The molecule has 1 amide bonds. The average Bonchev–Trinajstić information content (AvgIpc) is 2.53. The van der Waals surface area contributed by atoms with E-state index < -0.39 is 0 Å². The van der Waals surface area contributed by atoms with Crippen molar-refractivity contribution in [3.05, 3.63) is 29.8 Å². The Kier molecular flexibility index (Phi) is 3.90. The Bertz CT molecular complexity index is 518. The van der Waals surface area contributed by atoms with Gasteiger partial charge < -0.3 is 14.4 Å². The molecule has 0 saturated carbocycles. The van der Waals surface area contributed by atoms with Crippen LogP contribution < -0.4 is 9.47 Å². The number of hydrogen-bond acceptors (Lipinski definition) is 3. The zero-order valence-corrected chi connectivity index (χ0v) is 11.5. The van der Waals surface area contributed by atoms with Gasteiger partial charge in [-0.3, -0.25) is 4.79 Å². The highest BCUT2D eigenvalue weighted by molar-refractivity contribution is 5.91. The summed E-state index contributed by atoms with van der Waals surface area (Å²) in [6.07, 6.45) is 6.95. The van der Waals surface area contributed by atoms with Gasteiger partial charge in [0, 0.05) is 19.2 Å². The first-order valence-electron chi connectivity index (χ1n) is 7.19. The lowest BCUT2D eigenvalue weighted by Gasteiger charge is -2.25. The molecule has 1 aromatic carbocycles. The molecule has 0 bridgehead atoms. The third-order valence-electron chi connectivity index (χ3n) is 3.65. The first-order chi connectivity index (χ1) is 9.83. The molecule has 106 valence electrons. The molecular weight excluding hydrogens is 254 g/mol. The van der Waals surface area contributed by atoms with E-state index in [-0.39, 0.29) is 5.91 Å². The number of benzene rings is 1. The Morgan fingerprint density at radius 1 is 1.05 bits per heavy atom. The van der Waals surface area contributed by atoms with Crippen LogP contribution >= 0.6 is 0 Å². The summed E-state index contributed by atoms with van der Waals surface area (Å²) < 4.78 is 11.0. The highest BCUT2D eigenvalue weighted by Crippen LogP contribution is 2.31. The van der Waals surface area contributed by atoms with Crippen molar-refractivity contribution in [1.82, 2.24) is 4.90 Å². The van der Waals surface area contributed by atoms with E-state index in [2.05, 4.69) is 0 Å². The summed E-state index contributed by atoms with van der Waals surface area (Å²) in [7, 11) is 0. The Balaban J connectivity index is 1.67.